The van der Waals surface area contributed by atoms with Gasteiger partial charge < -0.3 is 14.5 Å². The lowest BCUT2D eigenvalue weighted by atomic mass is 10.1. The lowest BCUT2D eigenvalue weighted by Crippen LogP contribution is -2.53. The van der Waals surface area contributed by atoms with Gasteiger partial charge in [0, 0.05) is 32.2 Å². The zero-order valence-corrected chi connectivity index (χ0v) is 13.4. The van der Waals surface area contributed by atoms with E-state index < -0.39 is 0 Å². The molecule has 0 aromatic carbocycles. The fourth-order valence-corrected chi connectivity index (χ4v) is 3.69. The molecule has 0 radical (unpaired) electrons. The van der Waals surface area contributed by atoms with Crippen LogP contribution in [0, 0.1) is 6.92 Å². The van der Waals surface area contributed by atoms with Gasteiger partial charge in [-0.3, -0.25) is 9.69 Å². The summed E-state index contributed by atoms with van der Waals surface area (Å²) in [6.07, 6.45) is 3.58. The van der Waals surface area contributed by atoms with E-state index in [1.165, 1.54) is 0 Å². The summed E-state index contributed by atoms with van der Waals surface area (Å²) in [4.78, 5) is 16.9. The monoisotopic (exact) mass is 307 g/mol. The van der Waals surface area contributed by atoms with Crippen LogP contribution in [0.2, 0.25) is 0 Å². The number of amides is 1. The normalized spacial score (nSPS) is 26.6. The third-order valence-corrected chi connectivity index (χ3v) is 5.00. The lowest BCUT2D eigenvalue weighted by Gasteiger charge is -2.39. The summed E-state index contributed by atoms with van der Waals surface area (Å²) in [7, 11) is 0. The van der Waals surface area contributed by atoms with Gasteiger partial charge in [0.25, 0.3) is 5.91 Å². The van der Waals surface area contributed by atoms with Gasteiger partial charge in [-0.1, -0.05) is 12.1 Å². The first kappa shape index (κ1) is 15.5. The number of aliphatic hydroxyl groups excluding tert-OH is 1. The first-order chi connectivity index (χ1) is 10.6. The van der Waals surface area contributed by atoms with Crippen LogP contribution < -0.4 is 0 Å². The van der Waals surface area contributed by atoms with Gasteiger partial charge in [0.15, 0.2) is 0 Å². The van der Waals surface area contributed by atoms with Crippen LogP contribution in [0.5, 0.6) is 0 Å². The van der Waals surface area contributed by atoms with Crippen molar-refractivity contribution in [3.63, 3.8) is 0 Å². The van der Waals surface area contributed by atoms with Crippen molar-refractivity contribution in [2.24, 2.45) is 0 Å². The topological polar surface area (TPSA) is 69.8 Å². The van der Waals surface area contributed by atoms with Gasteiger partial charge in [0.2, 0.25) is 0 Å². The maximum Gasteiger partial charge on any atom is 0.259 e. The summed E-state index contributed by atoms with van der Waals surface area (Å²) in [5.74, 6) is 0.637. The van der Waals surface area contributed by atoms with E-state index in [9.17, 15) is 9.90 Å². The Balaban J connectivity index is 1.63. The highest BCUT2D eigenvalue weighted by atomic mass is 16.5. The smallest absolute Gasteiger partial charge is 0.259 e. The Kier molecular flexibility index (Phi) is 4.49. The Morgan fingerprint density at radius 2 is 2.05 bits per heavy atom. The summed E-state index contributed by atoms with van der Waals surface area (Å²) in [6.45, 7) is 6.85. The molecule has 22 heavy (non-hydrogen) atoms. The van der Waals surface area contributed by atoms with Crippen molar-refractivity contribution in [3.05, 3.63) is 17.0 Å². The van der Waals surface area contributed by atoms with Crippen LogP contribution in [-0.4, -0.2) is 64.3 Å². The van der Waals surface area contributed by atoms with Crippen LogP contribution in [0.3, 0.4) is 0 Å². The number of hydrogen-bond acceptors (Lipinski definition) is 5. The second-order valence-electron chi connectivity index (χ2n) is 6.31. The maximum absolute atomic E-state index is 12.7. The number of piperazine rings is 1. The standard InChI is InChI=1S/C16H25N3O3/c1-3-12-15(11(2)22-17-12)16(21)19-9-7-18(8-10-19)13-5-4-6-14(13)20/h13-14,20H,3-10H2,1-2H3/t13-,14+/m1/s1. The molecule has 1 aliphatic carbocycles. The molecule has 1 aliphatic heterocycles. The predicted octanol–water partition coefficient (Wildman–Crippen LogP) is 1.22. The van der Waals surface area contributed by atoms with E-state index in [2.05, 4.69) is 10.1 Å². The molecule has 0 spiro atoms. The number of carbonyl (C=O) groups excluding carboxylic acids is 1. The van der Waals surface area contributed by atoms with Gasteiger partial charge in [-0.25, -0.2) is 0 Å². The number of aliphatic hydroxyl groups is 1. The average molecular weight is 307 g/mol. The van der Waals surface area contributed by atoms with E-state index in [1.54, 1.807) is 6.92 Å². The highest BCUT2D eigenvalue weighted by Gasteiger charge is 2.34. The SMILES string of the molecule is CCc1noc(C)c1C(=O)N1CCN([C@@H]2CCC[C@@H]2O)CC1. The number of nitrogens with zero attached hydrogens (tertiary/aromatic N) is 3. The summed E-state index contributed by atoms with van der Waals surface area (Å²) in [5, 5.41) is 14.0. The van der Waals surface area contributed by atoms with Crippen molar-refractivity contribution >= 4 is 5.91 Å². The summed E-state index contributed by atoms with van der Waals surface area (Å²) in [6, 6.07) is 0.279. The van der Waals surface area contributed by atoms with Gasteiger partial charge in [0.05, 0.1) is 11.8 Å². The predicted molar refractivity (Wildman–Crippen MR) is 81.7 cm³/mol. The highest BCUT2D eigenvalue weighted by Crippen LogP contribution is 2.25. The molecule has 0 unspecified atom stereocenters. The Labute approximate surface area is 131 Å². The van der Waals surface area contributed by atoms with E-state index >= 15 is 0 Å². The lowest BCUT2D eigenvalue weighted by molar-refractivity contribution is 0.0314. The maximum atomic E-state index is 12.7. The molecule has 1 aromatic heterocycles. The molecule has 2 aliphatic rings. The molecule has 122 valence electrons. The van der Waals surface area contributed by atoms with Crippen molar-refractivity contribution in [3.8, 4) is 0 Å². The largest absolute Gasteiger partial charge is 0.391 e. The number of carbonyl (C=O) groups is 1. The van der Waals surface area contributed by atoms with Gasteiger partial charge >= 0.3 is 0 Å². The van der Waals surface area contributed by atoms with Gasteiger partial charge in [-0.15, -0.1) is 0 Å². The molecular formula is C16H25N3O3. The van der Waals surface area contributed by atoms with Gasteiger partial charge in [-0.2, -0.15) is 0 Å². The molecule has 0 bridgehead atoms. The van der Waals surface area contributed by atoms with E-state index in [1.807, 2.05) is 11.8 Å². The quantitative estimate of drug-likeness (QED) is 0.909. The zero-order chi connectivity index (χ0) is 15.7. The number of aromatic nitrogens is 1. The molecule has 6 nitrogen and oxygen atoms in total. The fraction of sp³-hybridized carbons (Fsp3) is 0.750. The minimum atomic E-state index is -0.200. The van der Waals surface area contributed by atoms with Gasteiger partial charge in [0.1, 0.15) is 11.3 Å². The molecule has 6 heteroatoms. The minimum Gasteiger partial charge on any atom is -0.391 e. The highest BCUT2D eigenvalue weighted by molar-refractivity contribution is 5.96. The van der Waals surface area contributed by atoms with Crippen molar-refractivity contribution in [2.75, 3.05) is 26.2 Å². The minimum absolute atomic E-state index is 0.0298. The Morgan fingerprint density at radius 3 is 2.64 bits per heavy atom. The molecule has 1 saturated heterocycles. The first-order valence-electron chi connectivity index (χ1n) is 8.28. The zero-order valence-electron chi connectivity index (χ0n) is 13.4. The molecule has 2 heterocycles. The summed E-state index contributed by atoms with van der Waals surface area (Å²) >= 11 is 0. The average Bonchev–Trinajstić information content (AvgIpc) is 3.12. The Morgan fingerprint density at radius 1 is 1.32 bits per heavy atom. The summed E-state index contributed by atoms with van der Waals surface area (Å²) in [5.41, 5.74) is 1.38. The van der Waals surface area contributed by atoms with Crippen LogP contribution in [0.4, 0.5) is 0 Å². The Bertz CT molecular complexity index is 535. The number of aryl methyl sites for hydroxylation is 2. The van der Waals surface area contributed by atoms with E-state index in [0.29, 0.717) is 30.8 Å². The van der Waals surface area contributed by atoms with Crippen LogP contribution in [0.25, 0.3) is 0 Å². The molecule has 1 aromatic rings. The van der Waals surface area contributed by atoms with Crippen molar-refractivity contribution in [1.82, 2.24) is 15.0 Å². The van der Waals surface area contributed by atoms with E-state index in [4.69, 9.17) is 4.52 Å². The van der Waals surface area contributed by atoms with Crippen molar-refractivity contribution < 1.29 is 14.4 Å². The molecule has 2 fully saturated rings. The third-order valence-electron chi connectivity index (χ3n) is 5.00. The van der Waals surface area contributed by atoms with Crippen LogP contribution in [0.1, 0.15) is 48.0 Å². The van der Waals surface area contributed by atoms with Crippen LogP contribution >= 0.6 is 0 Å². The molecule has 1 N–H and O–H groups in total. The van der Waals surface area contributed by atoms with E-state index in [-0.39, 0.29) is 18.1 Å². The molecule has 1 saturated carbocycles. The third kappa shape index (κ3) is 2.77. The first-order valence-corrected chi connectivity index (χ1v) is 8.28. The van der Waals surface area contributed by atoms with Crippen molar-refractivity contribution in [2.45, 2.75) is 51.7 Å². The second-order valence-corrected chi connectivity index (χ2v) is 6.31. The molecule has 3 rings (SSSR count). The van der Waals surface area contributed by atoms with Crippen molar-refractivity contribution in [1.29, 1.82) is 0 Å². The molecular weight excluding hydrogens is 282 g/mol. The number of hydrogen-bond donors (Lipinski definition) is 1. The van der Waals surface area contributed by atoms with Crippen LogP contribution in [0.15, 0.2) is 4.52 Å². The van der Waals surface area contributed by atoms with E-state index in [0.717, 1.165) is 38.0 Å². The Hall–Kier alpha value is -1.40. The molecule has 1 amide bonds. The second kappa shape index (κ2) is 6.38. The van der Waals surface area contributed by atoms with Crippen LogP contribution in [-0.2, 0) is 6.42 Å². The number of rotatable bonds is 3. The van der Waals surface area contributed by atoms with Gasteiger partial charge in [-0.05, 0) is 32.6 Å². The fourth-order valence-electron chi connectivity index (χ4n) is 3.69. The molecule has 2 atom stereocenters. The summed E-state index contributed by atoms with van der Waals surface area (Å²) < 4.78 is 5.17.